The van der Waals surface area contributed by atoms with E-state index in [9.17, 15) is 20.1 Å². The van der Waals surface area contributed by atoms with Crippen LogP contribution in [0.2, 0.25) is 0 Å². The van der Waals surface area contributed by atoms with Gasteiger partial charge in [0.25, 0.3) is 0 Å². The second-order valence-electron chi connectivity index (χ2n) is 5.00. The molecule has 0 aromatic heterocycles. The van der Waals surface area contributed by atoms with Gasteiger partial charge in [-0.3, -0.25) is 4.79 Å². The van der Waals surface area contributed by atoms with Crippen molar-refractivity contribution in [2.45, 2.75) is 44.6 Å². The molecule has 1 aromatic carbocycles. The molecule has 1 aliphatic rings. The van der Waals surface area contributed by atoms with Crippen LogP contribution >= 0.6 is 0 Å². The number of nitrogens with one attached hydrogen (secondary N) is 1. The summed E-state index contributed by atoms with van der Waals surface area (Å²) in [5.41, 5.74) is 0.615. The third kappa shape index (κ3) is 3.70. The van der Waals surface area contributed by atoms with Gasteiger partial charge >= 0.3 is 0 Å². The first-order chi connectivity index (χ1) is 9.88. The first-order valence-electron chi connectivity index (χ1n) is 6.62. The van der Waals surface area contributed by atoms with Crippen LogP contribution in [-0.2, 0) is 9.53 Å². The van der Waals surface area contributed by atoms with Crippen LogP contribution in [0.3, 0.4) is 0 Å². The molecule has 0 spiro atoms. The summed E-state index contributed by atoms with van der Waals surface area (Å²) in [5, 5.41) is 31.8. The van der Waals surface area contributed by atoms with Crippen LogP contribution in [0, 0.1) is 0 Å². The molecular weight excluding hydrogens is 278 g/mol. The molecule has 1 heterocycles. The van der Waals surface area contributed by atoms with E-state index < -0.39 is 30.7 Å². The van der Waals surface area contributed by atoms with E-state index in [1.54, 1.807) is 31.2 Å². The van der Waals surface area contributed by atoms with E-state index in [-0.39, 0.29) is 5.91 Å². The number of benzene rings is 1. The van der Waals surface area contributed by atoms with Crippen molar-refractivity contribution >= 4 is 11.6 Å². The molecule has 1 aromatic rings. The van der Waals surface area contributed by atoms with Crippen LogP contribution in [-0.4, -0.2) is 51.9 Å². The summed E-state index contributed by atoms with van der Waals surface area (Å²) in [5.74, 6) is 0.226. The van der Waals surface area contributed by atoms with Crippen LogP contribution in [0.15, 0.2) is 24.3 Å². The van der Waals surface area contributed by atoms with Crippen LogP contribution in [0.1, 0.15) is 13.8 Å². The second kappa shape index (κ2) is 6.40. The summed E-state index contributed by atoms with van der Waals surface area (Å²) in [6.07, 6.45) is -5.59. The van der Waals surface area contributed by atoms with Crippen molar-refractivity contribution in [1.82, 2.24) is 0 Å². The molecule has 1 fully saturated rings. The first kappa shape index (κ1) is 15.7. The maximum atomic E-state index is 10.9. The molecule has 116 valence electrons. The third-order valence-corrected chi connectivity index (χ3v) is 3.24. The Bertz CT molecular complexity index is 491. The quantitative estimate of drug-likeness (QED) is 0.618. The fourth-order valence-electron chi connectivity index (χ4n) is 2.06. The second-order valence-corrected chi connectivity index (χ2v) is 5.00. The Hall–Kier alpha value is -1.67. The highest BCUT2D eigenvalue weighted by Crippen LogP contribution is 2.24. The number of hydrogen-bond acceptors (Lipinski definition) is 6. The Morgan fingerprint density at radius 3 is 2.33 bits per heavy atom. The lowest BCUT2D eigenvalue weighted by molar-refractivity contribution is -0.268. The maximum absolute atomic E-state index is 10.9. The summed E-state index contributed by atoms with van der Waals surface area (Å²) in [6.45, 7) is 2.99. The molecule has 0 saturated carbocycles. The number of amides is 1. The number of rotatable bonds is 3. The predicted molar refractivity (Wildman–Crippen MR) is 73.7 cm³/mol. The van der Waals surface area contributed by atoms with Gasteiger partial charge in [0, 0.05) is 12.6 Å². The van der Waals surface area contributed by atoms with E-state index in [4.69, 9.17) is 9.47 Å². The minimum Gasteiger partial charge on any atom is -0.462 e. The Kier molecular flexibility index (Phi) is 4.79. The summed E-state index contributed by atoms with van der Waals surface area (Å²) in [7, 11) is 0. The van der Waals surface area contributed by atoms with Crippen molar-refractivity contribution < 1.29 is 29.6 Å². The number of carbonyl (C=O) groups is 1. The van der Waals surface area contributed by atoms with Crippen LogP contribution in [0.4, 0.5) is 5.69 Å². The van der Waals surface area contributed by atoms with E-state index in [1.165, 1.54) is 6.92 Å². The third-order valence-electron chi connectivity index (χ3n) is 3.24. The van der Waals surface area contributed by atoms with Crippen molar-refractivity contribution in [1.29, 1.82) is 0 Å². The first-order valence-corrected chi connectivity index (χ1v) is 6.62. The number of anilines is 1. The highest BCUT2D eigenvalue weighted by molar-refractivity contribution is 5.88. The maximum Gasteiger partial charge on any atom is 0.229 e. The van der Waals surface area contributed by atoms with E-state index >= 15 is 0 Å². The lowest BCUT2D eigenvalue weighted by Gasteiger charge is -2.38. The highest BCUT2D eigenvalue weighted by Gasteiger charge is 2.43. The minimum atomic E-state index is -1.36. The van der Waals surface area contributed by atoms with Gasteiger partial charge in [0.05, 0.1) is 6.10 Å². The summed E-state index contributed by atoms with van der Waals surface area (Å²) >= 11 is 0. The van der Waals surface area contributed by atoms with E-state index in [0.29, 0.717) is 11.4 Å². The topological polar surface area (TPSA) is 108 Å². The molecule has 4 N–H and O–H groups in total. The molecule has 1 aliphatic heterocycles. The zero-order chi connectivity index (χ0) is 15.6. The van der Waals surface area contributed by atoms with Crippen LogP contribution in [0.5, 0.6) is 5.75 Å². The zero-order valence-corrected chi connectivity index (χ0v) is 11.8. The molecule has 2 rings (SSSR count). The van der Waals surface area contributed by atoms with Gasteiger partial charge in [-0.2, -0.15) is 0 Å². The molecule has 21 heavy (non-hydrogen) atoms. The normalized spacial score (nSPS) is 32.5. The van der Waals surface area contributed by atoms with Gasteiger partial charge < -0.3 is 30.1 Å². The fraction of sp³-hybridized carbons (Fsp3) is 0.500. The fourth-order valence-corrected chi connectivity index (χ4v) is 2.06. The average Bonchev–Trinajstić information content (AvgIpc) is 2.44. The molecule has 7 nitrogen and oxygen atoms in total. The van der Waals surface area contributed by atoms with Crippen molar-refractivity contribution in [2.75, 3.05) is 5.32 Å². The number of carbonyl (C=O) groups excluding carboxylic acids is 1. The van der Waals surface area contributed by atoms with Crippen molar-refractivity contribution in [3.8, 4) is 5.75 Å². The lowest BCUT2D eigenvalue weighted by Crippen LogP contribution is -2.58. The Morgan fingerprint density at radius 2 is 1.76 bits per heavy atom. The van der Waals surface area contributed by atoms with E-state index in [2.05, 4.69) is 5.32 Å². The zero-order valence-electron chi connectivity index (χ0n) is 11.8. The van der Waals surface area contributed by atoms with Gasteiger partial charge in [-0.15, -0.1) is 0 Å². The van der Waals surface area contributed by atoms with Crippen LogP contribution in [0.25, 0.3) is 0 Å². The lowest BCUT2D eigenvalue weighted by atomic mass is 10.00. The minimum absolute atomic E-state index is 0.180. The molecule has 0 bridgehead atoms. The van der Waals surface area contributed by atoms with Crippen molar-refractivity contribution in [2.24, 2.45) is 0 Å². The van der Waals surface area contributed by atoms with Gasteiger partial charge in [-0.05, 0) is 31.2 Å². The largest absolute Gasteiger partial charge is 0.462 e. The van der Waals surface area contributed by atoms with E-state index in [1.807, 2.05) is 0 Å². The van der Waals surface area contributed by atoms with Gasteiger partial charge in [0.2, 0.25) is 12.2 Å². The van der Waals surface area contributed by atoms with Gasteiger partial charge in [0.1, 0.15) is 24.1 Å². The summed E-state index contributed by atoms with van der Waals surface area (Å²) in [6, 6.07) is 6.48. The van der Waals surface area contributed by atoms with Gasteiger partial charge in [0.15, 0.2) is 0 Å². The molecule has 0 aliphatic carbocycles. The SMILES string of the molecule is CC(=O)Nc1ccc(OC2O[C@H](C)[C@@H](O)[C@H](O)[C@H]2O)cc1. The number of hydrogen-bond donors (Lipinski definition) is 4. The Labute approximate surface area is 122 Å². The van der Waals surface area contributed by atoms with Crippen LogP contribution < -0.4 is 10.1 Å². The summed E-state index contributed by atoms with van der Waals surface area (Å²) in [4.78, 5) is 10.9. The molecule has 1 amide bonds. The molecule has 1 unspecified atom stereocenters. The number of aliphatic hydroxyl groups excluding tert-OH is 3. The highest BCUT2D eigenvalue weighted by atomic mass is 16.7. The van der Waals surface area contributed by atoms with Gasteiger partial charge in [-0.25, -0.2) is 0 Å². The standard InChI is InChI=1S/C14H19NO6/c1-7-11(17)12(18)13(19)14(20-7)21-10-5-3-9(4-6-10)15-8(2)16/h3-7,11-14,17-19H,1-2H3,(H,15,16)/t7-,11-,12+,13-,14?/m1/s1. The number of ether oxygens (including phenoxy) is 2. The molecular formula is C14H19NO6. The molecule has 5 atom stereocenters. The Morgan fingerprint density at radius 1 is 1.14 bits per heavy atom. The smallest absolute Gasteiger partial charge is 0.229 e. The average molecular weight is 297 g/mol. The molecule has 1 saturated heterocycles. The van der Waals surface area contributed by atoms with E-state index in [0.717, 1.165) is 0 Å². The van der Waals surface area contributed by atoms with Gasteiger partial charge in [-0.1, -0.05) is 0 Å². The predicted octanol–water partition coefficient (Wildman–Crippen LogP) is -0.149. The van der Waals surface area contributed by atoms with Crippen molar-refractivity contribution in [3.05, 3.63) is 24.3 Å². The molecule has 0 radical (unpaired) electrons. The Balaban J connectivity index is 2.02. The monoisotopic (exact) mass is 297 g/mol. The number of aliphatic hydroxyl groups is 3. The molecule has 7 heteroatoms. The summed E-state index contributed by atoms with van der Waals surface area (Å²) < 4.78 is 10.8. The van der Waals surface area contributed by atoms with Crippen molar-refractivity contribution in [3.63, 3.8) is 0 Å².